The molecule has 1 aromatic carbocycles. The number of ether oxygens (including phenoxy) is 1. The van der Waals surface area contributed by atoms with Crippen molar-refractivity contribution in [3.63, 3.8) is 0 Å². The van der Waals surface area contributed by atoms with Crippen LogP contribution in [0.25, 0.3) is 0 Å². The molecule has 0 saturated heterocycles. The van der Waals surface area contributed by atoms with E-state index in [1.54, 1.807) is 6.26 Å². The van der Waals surface area contributed by atoms with Gasteiger partial charge in [-0.2, -0.15) is 0 Å². The summed E-state index contributed by atoms with van der Waals surface area (Å²) in [6.07, 6.45) is 7.67. The van der Waals surface area contributed by atoms with Gasteiger partial charge in [-0.1, -0.05) is 6.07 Å². The molecule has 1 atom stereocenters. The van der Waals surface area contributed by atoms with Gasteiger partial charge in [0.1, 0.15) is 11.5 Å². The number of fused-ring (bicyclic) bond motifs is 1. The number of furan rings is 1. The lowest BCUT2D eigenvalue weighted by Gasteiger charge is -2.21. The van der Waals surface area contributed by atoms with E-state index in [9.17, 15) is 0 Å². The van der Waals surface area contributed by atoms with E-state index in [2.05, 4.69) is 24.4 Å². The Morgan fingerprint density at radius 1 is 1.22 bits per heavy atom. The van der Waals surface area contributed by atoms with Crippen LogP contribution < -0.4 is 10.1 Å². The van der Waals surface area contributed by atoms with Crippen molar-refractivity contribution < 1.29 is 9.15 Å². The van der Waals surface area contributed by atoms with E-state index in [1.807, 2.05) is 19.2 Å². The molecule has 2 aromatic rings. The van der Waals surface area contributed by atoms with E-state index in [-0.39, 0.29) is 0 Å². The van der Waals surface area contributed by atoms with Crippen molar-refractivity contribution in [1.29, 1.82) is 0 Å². The molecule has 1 heterocycles. The predicted octanol–water partition coefficient (Wildman–Crippen LogP) is 3.92. The van der Waals surface area contributed by atoms with Gasteiger partial charge in [0.25, 0.3) is 0 Å². The highest BCUT2D eigenvalue weighted by Crippen LogP contribution is 2.29. The van der Waals surface area contributed by atoms with Crippen LogP contribution in [0, 0.1) is 12.8 Å². The molecule has 3 nitrogen and oxygen atoms in total. The fourth-order valence-electron chi connectivity index (χ4n) is 3.44. The summed E-state index contributed by atoms with van der Waals surface area (Å²) in [5.74, 6) is 2.48. The van der Waals surface area contributed by atoms with Crippen molar-refractivity contribution in [2.45, 2.75) is 39.0 Å². The molecule has 23 heavy (non-hydrogen) atoms. The quantitative estimate of drug-likeness (QED) is 0.841. The maximum Gasteiger partial charge on any atom is 0.122 e. The van der Waals surface area contributed by atoms with Crippen LogP contribution >= 0.6 is 0 Å². The van der Waals surface area contributed by atoms with Gasteiger partial charge in [-0.15, -0.1) is 0 Å². The highest BCUT2D eigenvalue weighted by molar-refractivity contribution is 5.43. The van der Waals surface area contributed by atoms with Crippen LogP contribution in [0.3, 0.4) is 0 Å². The zero-order chi connectivity index (χ0) is 16.1. The average Bonchev–Trinajstić information content (AvgIpc) is 3.06. The third-order valence-corrected chi connectivity index (χ3v) is 4.68. The van der Waals surface area contributed by atoms with E-state index < -0.39 is 0 Å². The van der Waals surface area contributed by atoms with Crippen LogP contribution in [0.1, 0.15) is 35.3 Å². The number of rotatable bonds is 7. The molecular weight excluding hydrogens is 286 g/mol. The Morgan fingerprint density at radius 2 is 2.00 bits per heavy atom. The predicted molar refractivity (Wildman–Crippen MR) is 93.1 cm³/mol. The van der Waals surface area contributed by atoms with E-state index in [0.717, 1.165) is 24.5 Å². The summed E-state index contributed by atoms with van der Waals surface area (Å²) in [4.78, 5) is 0. The molecule has 3 rings (SSSR count). The van der Waals surface area contributed by atoms with Crippen molar-refractivity contribution in [1.82, 2.24) is 5.32 Å². The third-order valence-electron chi connectivity index (χ3n) is 4.68. The van der Waals surface area contributed by atoms with Crippen LogP contribution in [0.5, 0.6) is 5.75 Å². The Labute approximate surface area is 139 Å². The minimum atomic E-state index is 0.404. The molecule has 1 unspecified atom stereocenters. The second-order valence-corrected chi connectivity index (χ2v) is 6.61. The normalized spacial score (nSPS) is 15.2. The van der Waals surface area contributed by atoms with Crippen LogP contribution in [-0.4, -0.2) is 20.2 Å². The summed E-state index contributed by atoms with van der Waals surface area (Å²) in [5, 5.41) is 3.26. The second-order valence-electron chi connectivity index (χ2n) is 6.61. The fourth-order valence-corrected chi connectivity index (χ4v) is 3.44. The monoisotopic (exact) mass is 313 g/mol. The van der Waals surface area contributed by atoms with Crippen LogP contribution in [-0.2, 0) is 19.3 Å². The number of hydrogen-bond acceptors (Lipinski definition) is 3. The minimum absolute atomic E-state index is 0.404. The van der Waals surface area contributed by atoms with Crippen LogP contribution in [0.4, 0.5) is 0 Å². The summed E-state index contributed by atoms with van der Waals surface area (Å²) in [5.41, 5.74) is 4.25. The van der Waals surface area contributed by atoms with Crippen LogP contribution in [0.2, 0.25) is 0 Å². The Morgan fingerprint density at radius 3 is 2.70 bits per heavy atom. The maximum absolute atomic E-state index is 6.18. The zero-order valence-electron chi connectivity index (χ0n) is 14.2. The van der Waals surface area contributed by atoms with Crippen molar-refractivity contribution in [2.24, 2.45) is 5.92 Å². The lowest BCUT2D eigenvalue weighted by Crippen LogP contribution is -2.26. The molecule has 0 aliphatic heterocycles. The van der Waals surface area contributed by atoms with E-state index in [0.29, 0.717) is 12.5 Å². The number of nitrogens with one attached hydrogen (secondary N) is 1. The maximum atomic E-state index is 6.18. The first kappa shape index (κ1) is 16.1. The first-order valence-electron chi connectivity index (χ1n) is 8.68. The number of aryl methyl sites for hydroxylation is 3. The number of hydrogen-bond donors (Lipinski definition) is 1. The SMILES string of the molecule is CNCC(COc1cc2c(cc1C)CCCC2)Cc1ccco1. The highest BCUT2D eigenvalue weighted by atomic mass is 16.5. The van der Waals surface area contributed by atoms with Gasteiger partial charge >= 0.3 is 0 Å². The molecule has 0 fully saturated rings. The highest BCUT2D eigenvalue weighted by Gasteiger charge is 2.15. The molecule has 3 heteroatoms. The number of benzene rings is 1. The first-order chi connectivity index (χ1) is 11.3. The smallest absolute Gasteiger partial charge is 0.122 e. The average molecular weight is 313 g/mol. The molecule has 0 bridgehead atoms. The Kier molecular flexibility index (Phi) is 5.39. The standard InChI is InChI=1S/C20H27NO2/c1-15-10-17-6-3-4-7-18(17)12-20(15)23-14-16(13-21-2)11-19-8-5-9-22-19/h5,8-10,12,16,21H,3-4,6-7,11,13-14H2,1-2H3. The lowest BCUT2D eigenvalue weighted by atomic mass is 9.90. The Balaban J connectivity index is 1.65. The summed E-state index contributed by atoms with van der Waals surface area (Å²) in [7, 11) is 1.99. The molecule has 0 spiro atoms. The van der Waals surface area contributed by atoms with Crippen molar-refractivity contribution >= 4 is 0 Å². The first-order valence-corrected chi connectivity index (χ1v) is 8.68. The summed E-state index contributed by atoms with van der Waals surface area (Å²) in [6.45, 7) is 3.79. The lowest BCUT2D eigenvalue weighted by molar-refractivity contribution is 0.237. The second kappa shape index (κ2) is 7.69. The molecule has 1 aliphatic carbocycles. The largest absolute Gasteiger partial charge is 0.493 e. The van der Waals surface area contributed by atoms with E-state index in [1.165, 1.54) is 42.4 Å². The summed E-state index contributed by atoms with van der Waals surface area (Å²) >= 11 is 0. The van der Waals surface area contributed by atoms with Gasteiger partial charge in [-0.05, 0) is 74.5 Å². The summed E-state index contributed by atoms with van der Waals surface area (Å²) in [6, 6.07) is 8.57. The molecule has 1 aromatic heterocycles. The van der Waals surface area contributed by atoms with Crippen molar-refractivity contribution in [2.75, 3.05) is 20.2 Å². The van der Waals surface area contributed by atoms with Crippen LogP contribution in [0.15, 0.2) is 34.9 Å². The van der Waals surface area contributed by atoms with E-state index >= 15 is 0 Å². The molecular formula is C20H27NO2. The van der Waals surface area contributed by atoms with Gasteiger partial charge in [0.05, 0.1) is 12.9 Å². The van der Waals surface area contributed by atoms with Gasteiger partial charge in [0, 0.05) is 18.9 Å². The third kappa shape index (κ3) is 4.17. The Hall–Kier alpha value is -1.74. The van der Waals surface area contributed by atoms with Gasteiger partial charge < -0.3 is 14.5 Å². The molecule has 1 N–H and O–H groups in total. The molecule has 0 amide bonds. The Bertz CT molecular complexity index is 619. The zero-order valence-corrected chi connectivity index (χ0v) is 14.2. The molecule has 0 saturated carbocycles. The molecule has 1 aliphatic rings. The van der Waals surface area contributed by atoms with Crippen molar-refractivity contribution in [3.8, 4) is 5.75 Å². The minimum Gasteiger partial charge on any atom is -0.493 e. The van der Waals surface area contributed by atoms with Gasteiger partial charge in [-0.3, -0.25) is 0 Å². The van der Waals surface area contributed by atoms with Gasteiger partial charge in [0.15, 0.2) is 0 Å². The van der Waals surface area contributed by atoms with E-state index in [4.69, 9.17) is 9.15 Å². The topological polar surface area (TPSA) is 34.4 Å². The summed E-state index contributed by atoms with van der Waals surface area (Å²) < 4.78 is 11.7. The van der Waals surface area contributed by atoms with Gasteiger partial charge in [0.2, 0.25) is 0 Å². The van der Waals surface area contributed by atoms with Crippen molar-refractivity contribution in [3.05, 3.63) is 53.0 Å². The molecule has 124 valence electrons. The fraction of sp³-hybridized carbons (Fsp3) is 0.500. The van der Waals surface area contributed by atoms with Gasteiger partial charge in [-0.25, -0.2) is 0 Å². The molecule has 0 radical (unpaired) electrons.